The van der Waals surface area contributed by atoms with E-state index < -0.39 is 0 Å². The number of hydrogen-bond acceptors (Lipinski definition) is 0. The van der Waals surface area contributed by atoms with Crippen molar-refractivity contribution < 1.29 is 49.5 Å². The van der Waals surface area contributed by atoms with E-state index in [1.807, 2.05) is 0 Å². The zero-order valence-corrected chi connectivity index (χ0v) is 11.4. The first-order chi connectivity index (χ1) is 4.91. The molecule has 0 saturated carbocycles. The molecule has 0 aromatic carbocycles. The van der Waals surface area contributed by atoms with Crippen LogP contribution in [0.5, 0.6) is 0 Å². The van der Waals surface area contributed by atoms with E-state index in [4.69, 9.17) is 0 Å². The molecule has 12 heavy (non-hydrogen) atoms. The zero-order chi connectivity index (χ0) is 7.66. The maximum absolute atomic E-state index is 2.23. The van der Waals surface area contributed by atoms with Crippen LogP contribution in [0.1, 0.15) is 26.2 Å². The molecule has 3 heteroatoms. The molecular weight excluding hydrogens is 270 g/mol. The Hall–Kier alpha value is 0.943. The molecule has 0 aromatic rings. The van der Waals surface area contributed by atoms with Crippen molar-refractivity contribution in [2.24, 2.45) is 0 Å². The van der Waals surface area contributed by atoms with Crippen molar-refractivity contribution >= 4 is 0 Å². The average Bonchev–Trinajstić information content (AvgIpc) is 2.44. The van der Waals surface area contributed by atoms with Crippen LogP contribution in [0.3, 0.4) is 0 Å². The van der Waals surface area contributed by atoms with E-state index in [9.17, 15) is 0 Å². The molecule has 0 radical (unpaired) electrons. The van der Waals surface area contributed by atoms with Gasteiger partial charge < -0.3 is 24.8 Å². The quantitative estimate of drug-likeness (QED) is 0.517. The third-order valence-corrected chi connectivity index (χ3v) is 2.05. The minimum absolute atomic E-state index is 0. The predicted molar refractivity (Wildman–Crippen MR) is 42.6 cm³/mol. The molecule has 0 spiro atoms. The van der Waals surface area contributed by atoms with E-state index >= 15 is 0 Å². The number of unbranched alkanes of at least 4 members (excludes halogenated alkanes) is 1. The van der Waals surface area contributed by atoms with Crippen LogP contribution in [-0.2, 0) is 24.7 Å². The van der Waals surface area contributed by atoms with Gasteiger partial charge in [0, 0.05) is 0 Å². The molecule has 0 bridgehead atoms. The fourth-order valence-corrected chi connectivity index (χ4v) is 1.44. The SMILES string of the molecule is C1=CCC=C1.CCC[CH2][Zr+2].[Cl-].[Cl-]. The first-order valence-corrected chi connectivity index (χ1v) is 5.62. The summed E-state index contributed by atoms with van der Waals surface area (Å²) in [6.07, 6.45) is 12.3. The van der Waals surface area contributed by atoms with Gasteiger partial charge in [-0.05, 0) is 6.42 Å². The van der Waals surface area contributed by atoms with Crippen LogP contribution >= 0.6 is 0 Å². The van der Waals surface area contributed by atoms with E-state index in [1.165, 1.54) is 17.0 Å². The maximum atomic E-state index is 2.23. The van der Waals surface area contributed by atoms with Crippen LogP contribution in [0, 0.1) is 0 Å². The van der Waals surface area contributed by atoms with Gasteiger partial charge >= 0.3 is 48.6 Å². The van der Waals surface area contributed by atoms with Crippen molar-refractivity contribution in [3.63, 3.8) is 0 Å². The molecule has 0 amide bonds. The van der Waals surface area contributed by atoms with Crippen molar-refractivity contribution in [1.29, 1.82) is 0 Å². The molecule has 0 atom stereocenters. The minimum Gasteiger partial charge on any atom is -1.00 e. The van der Waals surface area contributed by atoms with Gasteiger partial charge in [0.2, 0.25) is 0 Å². The average molecular weight is 285 g/mol. The summed E-state index contributed by atoms with van der Waals surface area (Å²) in [5.74, 6) is 0. The van der Waals surface area contributed by atoms with Gasteiger partial charge in [0.05, 0.1) is 0 Å². The van der Waals surface area contributed by atoms with E-state index in [-0.39, 0.29) is 24.8 Å². The van der Waals surface area contributed by atoms with Crippen molar-refractivity contribution in [1.82, 2.24) is 0 Å². The number of halogens is 2. The summed E-state index contributed by atoms with van der Waals surface area (Å²) >= 11 is 1.68. The summed E-state index contributed by atoms with van der Waals surface area (Å²) in [4.78, 5) is 0. The Bertz CT molecular complexity index is 99.1. The van der Waals surface area contributed by atoms with Gasteiger partial charge in [0.25, 0.3) is 0 Å². The predicted octanol–water partition coefficient (Wildman–Crippen LogP) is -2.74. The molecule has 0 unspecified atom stereocenters. The molecule has 0 nitrogen and oxygen atoms in total. The van der Waals surface area contributed by atoms with Crippen molar-refractivity contribution in [2.75, 3.05) is 0 Å². The topological polar surface area (TPSA) is 0 Å². The number of allylic oxidation sites excluding steroid dienone is 4. The summed E-state index contributed by atoms with van der Waals surface area (Å²) in [5, 5.41) is 0. The largest absolute Gasteiger partial charge is 1.00 e. The van der Waals surface area contributed by atoms with Gasteiger partial charge in [0.15, 0.2) is 0 Å². The van der Waals surface area contributed by atoms with Crippen LogP contribution in [0.15, 0.2) is 24.3 Å². The zero-order valence-electron chi connectivity index (χ0n) is 7.39. The molecule has 0 heterocycles. The number of rotatable bonds is 2. The molecule has 69 valence electrons. The second kappa shape index (κ2) is 17.9. The number of hydrogen-bond donors (Lipinski definition) is 0. The molecule has 1 rings (SSSR count). The Balaban J connectivity index is -0.000000116. The van der Waals surface area contributed by atoms with Crippen molar-refractivity contribution in [3.8, 4) is 0 Å². The van der Waals surface area contributed by atoms with Gasteiger partial charge in [-0.15, -0.1) is 0 Å². The smallest absolute Gasteiger partial charge is 1.00 e. The first-order valence-electron chi connectivity index (χ1n) is 3.88. The Morgan fingerprint density at radius 2 is 1.67 bits per heavy atom. The van der Waals surface area contributed by atoms with Crippen LogP contribution in [-0.4, -0.2) is 0 Å². The second-order valence-electron chi connectivity index (χ2n) is 2.20. The standard InChI is InChI=1S/C5H6.C4H9.2ClH.Zr/c1-2-4-5-3-1;1-3-4-2;;;/h1-4H,5H2;1,3-4H2,2H3;2*1H;/q;;;;+2/p-2. The Kier molecular flexibility index (Phi) is 27.8. The summed E-state index contributed by atoms with van der Waals surface area (Å²) in [5.41, 5.74) is 0. The molecule has 1 aliphatic carbocycles. The van der Waals surface area contributed by atoms with Crippen molar-refractivity contribution in [2.45, 2.75) is 30.3 Å². The van der Waals surface area contributed by atoms with E-state index in [0.717, 1.165) is 6.42 Å². The van der Waals surface area contributed by atoms with Crippen LogP contribution in [0.2, 0.25) is 4.13 Å². The summed E-state index contributed by atoms with van der Waals surface area (Å²) in [7, 11) is 0. The molecule has 0 aliphatic heterocycles. The van der Waals surface area contributed by atoms with Crippen molar-refractivity contribution in [3.05, 3.63) is 24.3 Å². The Labute approximate surface area is 104 Å². The third kappa shape index (κ3) is 17.1. The van der Waals surface area contributed by atoms with Crippen LogP contribution in [0.25, 0.3) is 0 Å². The van der Waals surface area contributed by atoms with E-state index in [2.05, 4.69) is 31.2 Å². The normalized spacial score (nSPS) is 10.9. The molecule has 1 aliphatic rings. The molecule has 0 N–H and O–H groups in total. The maximum Gasteiger partial charge on any atom is -1.00 e. The molecule has 0 aromatic heterocycles. The van der Waals surface area contributed by atoms with Crippen LogP contribution in [0.4, 0.5) is 0 Å². The fraction of sp³-hybridized carbons (Fsp3) is 0.556. The molecule has 0 fully saturated rings. The third-order valence-electron chi connectivity index (χ3n) is 1.19. The first kappa shape index (κ1) is 18.7. The van der Waals surface area contributed by atoms with Gasteiger partial charge in [-0.2, -0.15) is 0 Å². The molecule has 0 saturated heterocycles. The van der Waals surface area contributed by atoms with Gasteiger partial charge in [-0.3, -0.25) is 0 Å². The monoisotopic (exact) mass is 283 g/mol. The Morgan fingerprint density at radius 1 is 1.17 bits per heavy atom. The van der Waals surface area contributed by atoms with Gasteiger partial charge in [-0.1, -0.05) is 24.3 Å². The minimum atomic E-state index is 0. The second-order valence-corrected chi connectivity index (χ2v) is 3.42. The summed E-state index contributed by atoms with van der Waals surface area (Å²) in [6, 6.07) is 0. The van der Waals surface area contributed by atoms with Gasteiger partial charge in [-0.25, -0.2) is 0 Å². The Morgan fingerprint density at radius 3 is 1.75 bits per heavy atom. The van der Waals surface area contributed by atoms with E-state index in [1.54, 1.807) is 24.7 Å². The summed E-state index contributed by atoms with van der Waals surface area (Å²) < 4.78 is 1.43. The fourth-order valence-electron chi connectivity index (χ4n) is 0.570. The van der Waals surface area contributed by atoms with Crippen LogP contribution < -0.4 is 24.8 Å². The summed E-state index contributed by atoms with van der Waals surface area (Å²) in [6.45, 7) is 2.23. The van der Waals surface area contributed by atoms with E-state index in [0.29, 0.717) is 0 Å². The van der Waals surface area contributed by atoms with Gasteiger partial charge in [0.1, 0.15) is 0 Å². The molecular formula is C9H15Cl2Zr.